The van der Waals surface area contributed by atoms with Gasteiger partial charge >= 0.3 is 0 Å². The minimum absolute atomic E-state index is 0.885. The molecule has 0 aliphatic carbocycles. The molecular weight excluding hydrogens is 206 g/mol. The summed E-state index contributed by atoms with van der Waals surface area (Å²) in [6.07, 6.45) is 2.35. The van der Waals surface area contributed by atoms with Crippen LogP contribution in [0.2, 0.25) is 0 Å². The number of anilines is 1. The van der Waals surface area contributed by atoms with Crippen molar-refractivity contribution in [3.8, 4) is 0 Å². The molecule has 0 bridgehead atoms. The maximum Gasteiger partial charge on any atom is 0.0400 e. The van der Waals surface area contributed by atoms with Crippen molar-refractivity contribution in [2.45, 2.75) is 26.3 Å². The second-order valence-corrected chi connectivity index (χ2v) is 4.29. The van der Waals surface area contributed by atoms with Crippen LogP contribution in [0.4, 0.5) is 5.69 Å². The van der Waals surface area contributed by atoms with Gasteiger partial charge in [0, 0.05) is 12.2 Å². The largest absolute Gasteiger partial charge is 0.381 e. The standard InChI is InChI=1S/C16H19N/c1-2-7-14-10-6-11-16(12-14)17-13-15-8-4-3-5-9-15/h3-6,8-12,17H,2,7,13H2,1H3. The molecule has 0 spiro atoms. The number of benzene rings is 2. The molecule has 0 radical (unpaired) electrons. The van der Waals surface area contributed by atoms with Crippen LogP contribution in [0.25, 0.3) is 0 Å². The summed E-state index contributed by atoms with van der Waals surface area (Å²) in [5, 5.41) is 3.46. The normalized spacial score (nSPS) is 10.2. The number of hydrogen-bond acceptors (Lipinski definition) is 1. The minimum atomic E-state index is 0.885. The number of nitrogens with one attached hydrogen (secondary N) is 1. The van der Waals surface area contributed by atoms with Crippen LogP contribution in [0.1, 0.15) is 24.5 Å². The third-order valence-electron chi connectivity index (χ3n) is 2.81. The molecule has 2 rings (SSSR count). The van der Waals surface area contributed by atoms with Crippen LogP contribution < -0.4 is 5.32 Å². The third-order valence-corrected chi connectivity index (χ3v) is 2.81. The summed E-state index contributed by atoms with van der Waals surface area (Å²) in [6.45, 7) is 3.10. The molecule has 0 aliphatic rings. The highest BCUT2D eigenvalue weighted by atomic mass is 14.9. The van der Waals surface area contributed by atoms with Crippen molar-refractivity contribution in [3.63, 3.8) is 0 Å². The van der Waals surface area contributed by atoms with Gasteiger partial charge in [0.15, 0.2) is 0 Å². The van der Waals surface area contributed by atoms with E-state index in [1.54, 1.807) is 0 Å². The van der Waals surface area contributed by atoms with Crippen LogP contribution in [0, 0.1) is 0 Å². The molecule has 0 fully saturated rings. The topological polar surface area (TPSA) is 12.0 Å². The fourth-order valence-electron chi connectivity index (χ4n) is 1.93. The first-order valence-electron chi connectivity index (χ1n) is 6.25. The Balaban J connectivity index is 1.97. The summed E-state index contributed by atoms with van der Waals surface area (Å²) in [4.78, 5) is 0. The van der Waals surface area contributed by atoms with E-state index in [-0.39, 0.29) is 0 Å². The molecule has 0 saturated heterocycles. The molecule has 2 aromatic rings. The van der Waals surface area contributed by atoms with Gasteiger partial charge in [0.2, 0.25) is 0 Å². The first kappa shape index (κ1) is 11.7. The molecular formula is C16H19N. The van der Waals surface area contributed by atoms with E-state index in [0.29, 0.717) is 0 Å². The maximum absolute atomic E-state index is 3.46. The van der Waals surface area contributed by atoms with Gasteiger partial charge in [0.25, 0.3) is 0 Å². The van der Waals surface area contributed by atoms with Crippen LogP contribution in [0.5, 0.6) is 0 Å². The Bertz CT molecular complexity index is 448. The van der Waals surface area contributed by atoms with E-state index in [1.807, 2.05) is 6.07 Å². The van der Waals surface area contributed by atoms with Crippen molar-refractivity contribution >= 4 is 5.69 Å². The summed E-state index contributed by atoms with van der Waals surface area (Å²) in [7, 11) is 0. The van der Waals surface area contributed by atoms with Gasteiger partial charge in [-0.15, -0.1) is 0 Å². The fourth-order valence-corrected chi connectivity index (χ4v) is 1.93. The van der Waals surface area contributed by atoms with Gasteiger partial charge in [-0.05, 0) is 29.7 Å². The zero-order chi connectivity index (χ0) is 11.9. The highest BCUT2D eigenvalue weighted by Crippen LogP contribution is 2.13. The van der Waals surface area contributed by atoms with E-state index in [0.717, 1.165) is 13.0 Å². The molecule has 0 amide bonds. The van der Waals surface area contributed by atoms with Crippen molar-refractivity contribution in [1.29, 1.82) is 0 Å². The minimum Gasteiger partial charge on any atom is -0.381 e. The molecule has 1 heteroatoms. The van der Waals surface area contributed by atoms with Gasteiger partial charge in [0.05, 0.1) is 0 Å². The van der Waals surface area contributed by atoms with Gasteiger partial charge < -0.3 is 5.32 Å². The molecule has 0 aliphatic heterocycles. The summed E-state index contributed by atoms with van der Waals surface area (Å²) >= 11 is 0. The molecule has 0 saturated carbocycles. The Morgan fingerprint density at radius 1 is 0.882 bits per heavy atom. The van der Waals surface area contributed by atoms with Crippen LogP contribution in [-0.4, -0.2) is 0 Å². The van der Waals surface area contributed by atoms with Crippen molar-refractivity contribution in [1.82, 2.24) is 0 Å². The molecule has 88 valence electrons. The Morgan fingerprint density at radius 2 is 1.65 bits per heavy atom. The smallest absolute Gasteiger partial charge is 0.0400 e. The summed E-state index contributed by atoms with van der Waals surface area (Å²) in [5.74, 6) is 0. The van der Waals surface area contributed by atoms with Gasteiger partial charge in [-0.1, -0.05) is 55.8 Å². The molecule has 1 N–H and O–H groups in total. The fraction of sp³-hybridized carbons (Fsp3) is 0.250. The van der Waals surface area contributed by atoms with Gasteiger partial charge in [-0.2, -0.15) is 0 Å². The van der Waals surface area contributed by atoms with E-state index in [1.165, 1.54) is 23.2 Å². The predicted octanol–water partition coefficient (Wildman–Crippen LogP) is 4.25. The number of hydrogen-bond donors (Lipinski definition) is 1. The first-order valence-corrected chi connectivity index (χ1v) is 6.25. The second kappa shape index (κ2) is 6.09. The van der Waals surface area contributed by atoms with Crippen molar-refractivity contribution in [2.75, 3.05) is 5.32 Å². The lowest BCUT2D eigenvalue weighted by Gasteiger charge is -2.08. The molecule has 0 aromatic heterocycles. The zero-order valence-electron chi connectivity index (χ0n) is 10.3. The van der Waals surface area contributed by atoms with Crippen LogP contribution >= 0.6 is 0 Å². The lowest BCUT2D eigenvalue weighted by Crippen LogP contribution is -1.99. The van der Waals surface area contributed by atoms with Crippen LogP contribution in [0.3, 0.4) is 0 Å². The Morgan fingerprint density at radius 3 is 2.41 bits per heavy atom. The van der Waals surface area contributed by atoms with E-state index in [2.05, 4.69) is 60.8 Å². The van der Waals surface area contributed by atoms with Crippen LogP contribution in [-0.2, 0) is 13.0 Å². The molecule has 17 heavy (non-hydrogen) atoms. The Kier molecular flexibility index (Phi) is 4.20. The van der Waals surface area contributed by atoms with E-state index < -0.39 is 0 Å². The summed E-state index contributed by atoms with van der Waals surface area (Å²) in [5.41, 5.74) is 3.93. The van der Waals surface area contributed by atoms with E-state index >= 15 is 0 Å². The van der Waals surface area contributed by atoms with Crippen LogP contribution in [0.15, 0.2) is 54.6 Å². The highest BCUT2D eigenvalue weighted by molar-refractivity contribution is 5.46. The highest BCUT2D eigenvalue weighted by Gasteiger charge is 1.95. The molecule has 2 aromatic carbocycles. The molecule has 0 atom stereocenters. The molecule has 0 heterocycles. The number of aryl methyl sites for hydroxylation is 1. The summed E-state index contributed by atoms with van der Waals surface area (Å²) < 4.78 is 0. The van der Waals surface area contributed by atoms with Crippen molar-refractivity contribution in [2.24, 2.45) is 0 Å². The molecule has 1 nitrogen and oxygen atoms in total. The lowest BCUT2D eigenvalue weighted by atomic mass is 10.1. The summed E-state index contributed by atoms with van der Waals surface area (Å²) in [6, 6.07) is 19.2. The SMILES string of the molecule is CCCc1cccc(NCc2ccccc2)c1. The Labute approximate surface area is 103 Å². The zero-order valence-corrected chi connectivity index (χ0v) is 10.3. The second-order valence-electron chi connectivity index (χ2n) is 4.29. The van der Waals surface area contributed by atoms with E-state index in [4.69, 9.17) is 0 Å². The molecule has 0 unspecified atom stereocenters. The van der Waals surface area contributed by atoms with Crippen molar-refractivity contribution < 1.29 is 0 Å². The predicted molar refractivity (Wildman–Crippen MR) is 74.2 cm³/mol. The average molecular weight is 225 g/mol. The van der Waals surface area contributed by atoms with Gasteiger partial charge in [0.1, 0.15) is 0 Å². The average Bonchev–Trinajstić information content (AvgIpc) is 2.39. The Hall–Kier alpha value is -1.76. The lowest BCUT2D eigenvalue weighted by molar-refractivity contribution is 0.921. The third kappa shape index (κ3) is 3.63. The quantitative estimate of drug-likeness (QED) is 0.802. The van der Waals surface area contributed by atoms with Crippen molar-refractivity contribution in [3.05, 3.63) is 65.7 Å². The monoisotopic (exact) mass is 225 g/mol. The van der Waals surface area contributed by atoms with Gasteiger partial charge in [-0.25, -0.2) is 0 Å². The van der Waals surface area contributed by atoms with E-state index in [9.17, 15) is 0 Å². The first-order chi connectivity index (χ1) is 8.38. The number of rotatable bonds is 5. The van der Waals surface area contributed by atoms with Gasteiger partial charge in [-0.3, -0.25) is 0 Å². The maximum atomic E-state index is 3.46.